The van der Waals surface area contributed by atoms with Crippen LogP contribution in [-0.4, -0.2) is 34.9 Å². The van der Waals surface area contributed by atoms with Crippen molar-refractivity contribution in [3.05, 3.63) is 59.5 Å². The van der Waals surface area contributed by atoms with Crippen LogP contribution in [0.2, 0.25) is 0 Å². The van der Waals surface area contributed by atoms with Gasteiger partial charge in [-0.2, -0.15) is 13.2 Å². The zero-order chi connectivity index (χ0) is 21.3. The normalized spacial score (nSPS) is 17.8. The Morgan fingerprint density at radius 2 is 1.77 bits per heavy atom. The van der Waals surface area contributed by atoms with E-state index in [0.717, 1.165) is 25.1 Å². The minimum absolute atomic E-state index is 0.0424. The van der Waals surface area contributed by atoms with Crippen molar-refractivity contribution in [2.75, 3.05) is 18.0 Å². The van der Waals surface area contributed by atoms with Gasteiger partial charge in [-0.25, -0.2) is 9.37 Å². The molecule has 8 heteroatoms. The first-order chi connectivity index (χ1) is 14.3. The molecule has 0 atom stereocenters. The lowest BCUT2D eigenvalue weighted by molar-refractivity contribution is -0.138. The minimum Gasteiger partial charge on any atom is -0.357 e. The highest BCUT2D eigenvalue weighted by atomic mass is 19.4. The fourth-order valence-electron chi connectivity index (χ4n) is 3.91. The van der Waals surface area contributed by atoms with Crippen LogP contribution in [0.4, 0.5) is 23.4 Å². The van der Waals surface area contributed by atoms with E-state index in [0.29, 0.717) is 37.3 Å². The smallest absolute Gasteiger partial charge is 0.357 e. The van der Waals surface area contributed by atoms with Crippen molar-refractivity contribution in [3.8, 4) is 0 Å². The highest BCUT2D eigenvalue weighted by Gasteiger charge is 2.37. The monoisotopic (exact) mass is 421 g/mol. The Morgan fingerprint density at radius 1 is 1.07 bits per heavy atom. The third-order valence-electron chi connectivity index (χ3n) is 5.81. The lowest BCUT2D eigenvalue weighted by Crippen LogP contribution is -2.43. The number of hydrogen-bond donors (Lipinski definition) is 0. The molecule has 30 heavy (non-hydrogen) atoms. The average Bonchev–Trinajstić information content (AvgIpc) is 3.57. The van der Waals surface area contributed by atoms with E-state index >= 15 is 0 Å². The molecule has 1 aliphatic heterocycles. The summed E-state index contributed by atoms with van der Waals surface area (Å²) in [6.07, 6.45) is -0.488. The zero-order valence-corrected chi connectivity index (χ0v) is 16.4. The van der Waals surface area contributed by atoms with Crippen molar-refractivity contribution in [2.24, 2.45) is 5.92 Å². The first kappa shape index (κ1) is 20.6. The molecule has 0 N–H and O–H groups in total. The second kappa shape index (κ2) is 8.24. The quantitative estimate of drug-likeness (QED) is 0.660. The number of alkyl halides is 3. The number of halogens is 4. The lowest BCUT2D eigenvalue weighted by atomic mass is 9.94. The average molecular weight is 421 g/mol. The van der Waals surface area contributed by atoms with Gasteiger partial charge < -0.3 is 9.80 Å². The van der Waals surface area contributed by atoms with Gasteiger partial charge in [0.2, 0.25) is 5.91 Å². The summed E-state index contributed by atoms with van der Waals surface area (Å²) in [4.78, 5) is 20.8. The molecule has 1 saturated carbocycles. The summed E-state index contributed by atoms with van der Waals surface area (Å²) in [5.74, 6) is 0.0577. The molecule has 2 fully saturated rings. The first-order valence-corrected chi connectivity index (χ1v) is 10.1. The van der Waals surface area contributed by atoms with Gasteiger partial charge in [0.15, 0.2) is 0 Å². The van der Waals surface area contributed by atoms with Crippen molar-refractivity contribution in [1.29, 1.82) is 0 Å². The Labute approximate surface area is 172 Å². The van der Waals surface area contributed by atoms with Crippen molar-refractivity contribution < 1.29 is 22.4 Å². The van der Waals surface area contributed by atoms with Gasteiger partial charge in [0.25, 0.3) is 0 Å². The van der Waals surface area contributed by atoms with Gasteiger partial charge in [0.1, 0.15) is 11.6 Å². The number of anilines is 1. The molecule has 2 aliphatic rings. The van der Waals surface area contributed by atoms with E-state index < -0.39 is 11.7 Å². The van der Waals surface area contributed by atoms with E-state index in [1.807, 2.05) is 4.90 Å². The molecule has 0 radical (unpaired) electrons. The van der Waals surface area contributed by atoms with Crippen LogP contribution in [0.1, 0.15) is 36.8 Å². The van der Waals surface area contributed by atoms with Crippen molar-refractivity contribution in [2.45, 2.75) is 44.4 Å². The summed E-state index contributed by atoms with van der Waals surface area (Å²) >= 11 is 0. The summed E-state index contributed by atoms with van der Waals surface area (Å²) in [5, 5.41) is 0. The number of hydrogen-bond acceptors (Lipinski definition) is 3. The van der Waals surface area contributed by atoms with Gasteiger partial charge in [-0.3, -0.25) is 4.79 Å². The largest absolute Gasteiger partial charge is 0.417 e. The van der Waals surface area contributed by atoms with Gasteiger partial charge in [-0.05, 0) is 43.9 Å². The number of benzene rings is 1. The van der Waals surface area contributed by atoms with Crippen molar-refractivity contribution >= 4 is 11.7 Å². The predicted octanol–water partition coefficient (Wildman–Crippen LogP) is 4.65. The standard InChI is InChI=1S/C22H23F4N3O/c23-19-4-2-1-3-16(19)14-29(18-6-7-18)21(30)15-9-11-28(12-10-15)20-8-5-17(13-27-20)22(24,25)26/h1-5,8,13,15,18H,6-7,9-12,14H2. The molecule has 0 bridgehead atoms. The maximum Gasteiger partial charge on any atom is 0.417 e. The summed E-state index contributed by atoms with van der Waals surface area (Å²) in [6.45, 7) is 1.37. The van der Waals surface area contributed by atoms with Crippen LogP contribution in [-0.2, 0) is 17.5 Å². The van der Waals surface area contributed by atoms with E-state index in [1.54, 1.807) is 23.1 Å². The fraction of sp³-hybridized carbons (Fsp3) is 0.455. The Balaban J connectivity index is 1.38. The third-order valence-corrected chi connectivity index (χ3v) is 5.81. The lowest BCUT2D eigenvalue weighted by Gasteiger charge is -2.35. The van der Waals surface area contributed by atoms with Crippen molar-refractivity contribution in [3.63, 3.8) is 0 Å². The zero-order valence-electron chi connectivity index (χ0n) is 16.4. The highest BCUT2D eigenvalue weighted by molar-refractivity contribution is 5.80. The summed E-state index contributed by atoms with van der Waals surface area (Å²) in [6, 6.07) is 9.09. The fourth-order valence-corrected chi connectivity index (χ4v) is 3.91. The molecule has 0 spiro atoms. The third kappa shape index (κ3) is 4.57. The molecule has 1 aromatic carbocycles. The molecule has 1 aliphatic carbocycles. The van der Waals surface area contributed by atoms with Crippen LogP contribution in [0.5, 0.6) is 0 Å². The Bertz CT molecular complexity index is 888. The van der Waals surface area contributed by atoms with Crippen LogP contribution in [0.25, 0.3) is 0 Å². The number of piperidine rings is 1. The SMILES string of the molecule is O=C(C1CCN(c2ccc(C(F)(F)F)cn2)CC1)N(Cc1ccccc1F)C1CC1. The van der Waals surface area contributed by atoms with Crippen LogP contribution in [0, 0.1) is 11.7 Å². The van der Waals surface area contributed by atoms with Gasteiger partial charge in [0.05, 0.1) is 5.56 Å². The van der Waals surface area contributed by atoms with Gasteiger partial charge in [0, 0.05) is 43.4 Å². The molecule has 1 amide bonds. The molecule has 0 unspecified atom stereocenters. The minimum atomic E-state index is -4.41. The van der Waals surface area contributed by atoms with Crippen molar-refractivity contribution in [1.82, 2.24) is 9.88 Å². The molecule has 4 nitrogen and oxygen atoms in total. The van der Waals surface area contributed by atoms with E-state index in [1.165, 1.54) is 12.1 Å². The molecular formula is C22H23F4N3O. The van der Waals surface area contributed by atoms with Crippen LogP contribution < -0.4 is 4.90 Å². The molecule has 2 aromatic rings. The van der Waals surface area contributed by atoms with Gasteiger partial charge in [-0.1, -0.05) is 18.2 Å². The molecule has 2 heterocycles. The Morgan fingerprint density at radius 3 is 2.33 bits per heavy atom. The summed E-state index contributed by atoms with van der Waals surface area (Å²) in [7, 11) is 0. The molecular weight excluding hydrogens is 398 g/mol. The second-order valence-electron chi connectivity index (χ2n) is 7.95. The van der Waals surface area contributed by atoms with E-state index in [-0.39, 0.29) is 30.2 Å². The van der Waals surface area contributed by atoms with Gasteiger partial charge >= 0.3 is 6.18 Å². The molecule has 4 rings (SSSR count). The van der Waals surface area contributed by atoms with E-state index in [4.69, 9.17) is 0 Å². The van der Waals surface area contributed by atoms with Crippen LogP contribution >= 0.6 is 0 Å². The van der Waals surface area contributed by atoms with E-state index in [9.17, 15) is 22.4 Å². The number of pyridine rings is 1. The molecule has 1 saturated heterocycles. The number of aromatic nitrogens is 1. The number of carbonyl (C=O) groups is 1. The number of carbonyl (C=O) groups excluding carboxylic acids is 1. The Kier molecular flexibility index (Phi) is 5.66. The van der Waals surface area contributed by atoms with E-state index in [2.05, 4.69) is 4.98 Å². The second-order valence-corrected chi connectivity index (χ2v) is 7.95. The Hall–Kier alpha value is -2.64. The van der Waals surface area contributed by atoms with Crippen LogP contribution in [0.15, 0.2) is 42.6 Å². The number of nitrogens with zero attached hydrogens (tertiary/aromatic N) is 3. The van der Waals surface area contributed by atoms with Crippen LogP contribution in [0.3, 0.4) is 0 Å². The maximum absolute atomic E-state index is 14.1. The topological polar surface area (TPSA) is 36.4 Å². The highest BCUT2D eigenvalue weighted by Crippen LogP contribution is 2.33. The predicted molar refractivity (Wildman–Crippen MR) is 104 cm³/mol. The molecule has 160 valence electrons. The maximum atomic E-state index is 14.1. The summed E-state index contributed by atoms with van der Waals surface area (Å²) in [5.41, 5.74) is -0.256. The number of rotatable bonds is 5. The van der Waals surface area contributed by atoms with Gasteiger partial charge in [-0.15, -0.1) is 0 Å². The summed E-state index contributed by atoms with van der Waals surface area (Å²) < 4.78 is 52.2. The first-order valence-electron chi connectivity index (χ1n) is 10.1. The molecule has 1 aromatic heterocycles. The number of amides is 1.